The van der Waals surface area contributed by atoms with Crippen LogP contribution in [0.4, 0.5) is 0 Å². The van der Waals surface area contributed by atoms with E-state index in [1.807, 2.05) is 0 Å². The molecular weight excluding hydrogens is 258 g/mol. The third kappa shape index (κ3) is 3.81. The summed E-state index contributed by atoms with van der Waals surface area (Å²) in [6.45, 7) is 5.32. The molecule has 1 atom stereocenters. The van der Waals surface area contributed by atoms with Crippen molar-refractivity contribution >= 4 is 16.0 Å². The molecule has 1 heterocycles. The lowest BCUT2D eigenvalue weighted by Crippen LogP contribution is -2.45. The van der Waals surface area contributed by atoms with Crippen LogP contribution >= 0.6 is 0 Å². The molecule has 0 aromatic carbocycles. The summed E-state index contributed by atoms with van der Waals surface area (Å²) in [5.41, 5.74) is -0.508. The Morgan fingerprint density at radius 2 is 2.17 bits per heavy atom. The predicted molar refractivity (Wildman–Crippen MR) is 64.4 cm³/mol. The van der Waals surface area contributed by atoms with E-state index in [0.29, 0.717) is 0 Å². The Hall–Kier alpha value is -1.41. The van der Waals surface area contributed by atoms with Gasteiger partial charge in [0.2, 0.25) is 0 Å². The van der Waals surface area contributed by atoms with Gasteiger partial charge in [0.25, 0.3) is 10.0 Å². The molecular formula is C10H17N3O4S. The van der Waals surface area contributed by atoms with Crippen molar-refractivity contribution in [2.75, 3.05) is 0 Å². The van der Waals surface area contributed by atoms with E-state index < -0.39 is 27.4 Å². The molecule has 0 amide bonds. The molecule has 0 saturated heterocycles. The van der Waals surface area contributed by atoms with Gasteiger partial charge in [0, 0.05) is 6.04 Å². The van der Waals surface area contributed by atoms with Gasteiger partial charge < -0.3 is 10.1 Å². The molecule has 0 aliphatic rings. The minimum atomic E-state index is -3.78. The van der Waals surface area contributed by atoms with Gasteiger partial charge in [0.05, 0.1) is 18.9 Å². The first-order valence-corrected chi connectivity index (χ1v) is 6.84. The Bertz CT molecular complexity index is 502. The standard InChI is InChI=1S/C10H17N3O4S/c1-10(2,3)7(4-9(14)15)13-18(16,17)8-5-11-6-12-8/h5-7,13H,4H2,1-3H3,(H,11,12)(H,14,15). The van der Waals surface area contributed by atoms with Crippen LogP contribution in [0.5, 0.6) is 0 Å². The predicted octanol–water partition coefficient (Wildman–Crippen LogP) is 0.577. The van der Waals surface area contributed by atoms with Crippen LogP contribution in [-0.2, 0) is 14.8 Å². The number of nitrogens with zero attached hydrogens (tertiary/aromatic N) is 1. The van der Waals surface area contributed by atoms with Crippen molar-refractivity contribution in [2.45, 2.75) is 38.3 Å². The van der Waals surface area contributed by atoms with Crippen LogP contribution in [0, 0.1) is 5.41 Å². The summed E-state index contributed by atoms with van der Waals surface area (Å²) in [5, 5.41) is 8.74. The molecule has 1 aromatic heterocycles. The van der Waals surface area contributed by atoms with Gasteiger partial charge in [-0.1, -0.05) is 20.8 Å². The Kier molecular flexibility index (Phi) is 4.12. The van der Waals surface area contributed by atoms with Crippen molar-refractivity contribution in [3.63, 3.8) is 0 Å². The van der Waals surface area contributed by atoms with Crippen LogP contribution in [0.15, 0.2) is 17.6 Å². The lowest BCUT2D eigenvalue weighted by atomic mass is 9.85. The van der Waals surface area contributed by atoms with E-state index in [-0.39, 0.29) is 11.4 Å². The zero-order valence-corrected chi connectivity index (χ0v) is 11.3. The number of rotatable bonds is 5. The summed E-state index contributed by atoms with van der Waals surface area (Å²) >= 11 is 0. The lowest BCUT2D eigenvalue weighted by Gasteiger charge is -2.29. The number of sulfonamides is 1. The minimum absolute atomic E-state index is 0.0814. The van der Waals surface area contributed by atoms with Crippen LogP contribution in [-0.4, -0.2) is 35.5 Å². The number of imidazole rings is 1. The number of carbonyl (C=O) groups is 1. The molecule has 8 heteroatoms. The average Bonchev–Trinajstić information content (AvgIpc) is 2.66. The van der Waals surface area contributed by atoms with Gasteiger partial charge in [0.15, 0.2) is 5.03 Å². The second-order valence-corrected chi connectivity index (χ2v) is 6.74. The van der Waals surface area contributed by atoms with Crippen LogP contribution in [0.2, 0.25) is 0 Å². The molecule has 0 saturated carbocycles. The van der Waals surface area contributed by atoms with Crippen molar-refractivity contribution in [1.82, 2.24) is 14.7 Å². The monoisotopic (exact) mass is 275 g/mol. The SMILES string of the molecule is CC(C)(C)C(CC(=O)O)NS(=O)(=O)c1cnc[nH]1. The van der Waals surface area contributed by atoms with Gasteiger partial charge in [-0.05, 0) is 5.41 Å². The zero-order chi connectivity index (χ0) is 14.0. The Labute approximate surface area is 106 Å². The number of H-pyrrole nitrogens is 1. The van der Waals surface area contributed by atoms with Gasteiger partial charge in [-0.3, -0.25) is 4.79 Å². The molecule has 0 aliphatic heterocycles. The summed E-state index contributed by atoms with van der Waals surface area (Å²) in [4.78, 5) is 16.9. The number of aromatic nitrogens is 2. The first-order chi connectivity index (χ1) is 8.13. The van der Waals surface area contributed by atoms with Crippen molar-refractivity contribution in [2.24, 2.45) is 5.41 Å². The van der Waals surface area contributed by atoms with Crippen molar-refractivity contribution in [1.29, 1.82) is 0 Å². The number of nitrogens with one attached hydrogen (secondary N) is 2. The van der Waals surface area contributed by atoms with E-state index in [4.69, 9.17) is 5.11 Å². The van der Waals surface area contributed by atoms with Crippen LogP contribution in [0.1, 0.15) is 27.2 Å². The summed E-state index contributed by atoms with van der Waals surface area (Å²) in [5.74, 6) is -1.05. The number of aliphatic carboxylic acids is 1. The fourth-order valence-electron chi connectivity index (χ4n) is 1.34. The Balaban J connectivity index is 2.94. The highest BCUT2D eigenvalue weighted by Gasteiger charge is 2.31. The van der Waals surface area contributed by atoms with Crippen molar-refractivity contribution in [3.8, 4) is 0 Å². The van der Waals surface area contributed by atoms with Gasteiger partial charge in [0.1, 0.15) is 0 Å². The fourth-order valence-corrected chi connectivity index (χ4v) is 2.69. The Morgan fingerprint density at radius 1 is 1.56 bits per heavy atom. The highest BCUT2D eigenvalue weighted by Crippen LogP contribution is 2.23. The average molecular weight is 275 g/mol. The molecule has 3 N–H and O–H groups in total. The molecule has 1 aromatic rings. The largest absolute Gasteiger partial charge is 0.481 e. The van der Waals surface area contributed by atoms with Gasteiger partial charge in [-0.2, -0.15) is 0 Å². The van der Waals surface area contributed by atoms with Gasteiger partial charge in [-0.15, -0.1) is 0 Å². The summed E-state index contributed by atoms with van der Waals surface area (Å²) < 4.78 is 26.3. The second-order valence-electron chi connectivity index (χ2n) is 5.05. The number of carboxylic acids is 1. The zero-order valence-electron chi connectivity index (χ0n) is 10.5. The van der Waals surface area contributed by atoms with Gasteiger partial charge >= 0.3 is 5.97 Å². The Morgan fingerprint density at radius 3 is 2.56 bits per heavy atom. The highest BCUT2D eigenvalue weighted by molar-refractivity contribution is 7.89. The number of hydrogen-bond donors (Lipinski definition) is 3. The summed E-state index contributed by atoms with van der Waals surface area (Å²) in [7, 11) is -3.78. The van der Waals surface area contributed by atoms with Crippen LogP contribution in [0.3, 0.4) is 0 Å². The molecule has 7 nitrogen and oxygen atoms in total. The third-order valence-electron chi connectivity index (χ3n) is 2.48. The molecule has 102 valence electrons. The molecule has 1 rings (SSSR count). The first-order valence-electron chi connectivity index (χ1n) is 5.35. The van der Waals surface area contributed by atoms with E-state index in [0.717, 1.165) is 0 Å². The number of carboxylic acid groups (broad SMARTS) is 1. The first kappa shape index (κ1) is 14.7. The van der Waals surface area contributed by atoms with E-state index in [1.165, 1.54) is 12.5 Å². The molecule has 0 radical (unpaired) electrons. The highest BCUT2D eigenvalue weighted by atomic mass is 32.2. The smallest absolute Gasteiger partial charge is 0.304 e. The van der Waals surface area contributed by atoms with E-state index in [2.05, 4.69) is 14.7 Å². The molecule has 0 aliphatic carbocycles. The lowest BCUT2D eigenvalue weighted by molar-refractivity contribution is -0.138. The molecule has 0 fully saturated rings. The molecule has 0 bridgehead atoms. The molecule has 18 heavy (non-hydrogen) atoms. The molecule has 0 spiro atoms. The van der Waals surface area contributed by atoms with Crippen molar-refractivity contribution in [3.05, 3.63) is 12.5 Å². The normalized spacial score (nSPS) is 14.4. The minimum Gasteiger partial charge on any atom is -0.481 e. The van der Waals surface area contributed by atoms with Crippen LogP contribution in [0.25, 0.3) is 0 Å². The number of hydrogen-bond acceptors (Lipinski definition) is 4. The van der Waals surface area contributed by atoms with Gasteiger partial charge in [-0.25, -0.2) is 18.1 Å². The second kappa shape index (κ2) is 5.07. The third-order valence-corrected chi connectivity index (χ3v) is 3.88. The van der Waals surface area contributed by atoms with Crippen LogP contribution < -0.4 is 4.72 Å². The maximum Gasteiger partial charge on any atom is 0.304 e. The summed E-state index contributed by atoms with van der Waals surface area (Å²) in [6, 6.07) is -0.705. The fraction of sp³-hybridized carbons (Fsp3) is 0.600. The van der Waals surface area contributed by atoms with E-state index in [1.54, 1.807) is 20.8 Å². The number of aromatic amines is 1. The maximum atomic E-state index is 12.0. The quantitative estimate of drug-likeness (QED) is 0.727. The van der Waals surface area contributed by atoms with Crippen molar-refractivity contribution < 1.29 is 18.3 Å². The molecule has 1 unspecified atom stereocenters. The topological polar surface area (TPSA) is 112 Å². The maximum absolute atomic E-state index is 12.0. The van der Waals surface area contributed by atoms with E-state index in [9.17, 15) is 13.2 Å². The van der Waals surface area contributed by atoms with E-state index >= 15 is 0 Å². The summed E-state index contributed by atoms with van der Waals surface area (Å²) in [6.07, 6.45) is 2.14.